The van der Waals surface area contributed by atoms with Crippen molar-refractivity contribution >= 4 is 23.4 Å². The van der Waals surface area contributed by atoms with Crippen molar-refractivity contribution in [1.29, 1.82) is 0 Å². The van der Waals surface area contributed by atoms with Gasteiger partial charge in [-0.2, -0.15) is 13.2 Å². The van der Waals surface area contributed by atoms with Crippen LogP contribution in [0.25, 0.3) is 0 Å². The molecule has 1 atom stereocenters. The molecule has 1 aliphatic rings. The molecular formula is C11H14ClF3N4O2. The lowest BCUT2D eigenvalue weighted by Gasteiger charge is -2.23. The second-order valence-electron chi connectivity index (χ2n) is 4.23. The van der Waals surface area contributed by atoms with Gasteiger partial charge in [0.2, 0.25) is 0 Å². The molecule has 1 fully saturated rings. The van der Waals surface area contributed by atoms with E-state index in [4.69, 9.17) is 21.5 Å². The lowest BCUT2D eigenvalue weighted by atomic mass is 10.1. The summed E-state index contributed by atoms with van der Waals surface area (Å²) in [7, 11) is 0. The van der Waals surface area contributed by atoms with Crippen molar-refractivity contribution < 1.29 is 23.1 Å². The smallest absolute Gasteiger partial charge is 0.475 e. The average molecular weight is 327 g/mol. The lowest BCUT2D eigenvalue weighted by molar-refractivity contribution is -0.192. The van der Waals surface area contributed by atoms with Crippen molar-refractivity contribution in [2.75, 3.05) is 18.4 Å². The van der Waals surface area contributed by atoms with E-state index in [-0.39, 0.29) is 0 Å². The zero-order valence-electron chi connectivity index (χ0n) is 10.8. The number of nitrogens with one attached hydrogen (secondary N) is 2. The molecule has 0 aliphatic carbocycles. The van der Waals surface area contributed by atoms with E-state index in [1.165, 1.54) is 12.8 Å². The molecule has 1 aliphatic heterocycles. The molecule has 10 heteroatoms. The molecule has 6 nitrogen and oxygen atoms in total. The number of alkyl halides is 3. The molecule has 3 N–H and O–H groups in total. The fourth-order valence-corrected chi connectivity index (χ4v) is 1.68. The number of anilines is 1. The fourth-order valence-electron chi connectivity index (χ4n) is 1.58. The van der Waals surface area contributed by atoms with Crippen LogP contribution >= 0.6 is 11.6 Å². The molecular weight excluding hydrogens is 313 g/mol. The van der Waals surface area contributed by atoms with Gasteiger partial charge in [-0.15, -0.1) is 10.2 Å². The molecule has 0 bridgehead atoms. The van der Waals surface area contributed by atoms with E-state index in [1.807, 2.05) is 6.07 Å². The van der Waals surface area contributed by atoms with Gasteiger partial charge in [-0.1, -0.05) is 11.6 Å². The summed E-state index contributed by atoms with van der Waals surface area (Å²) < 4.78 is 31.7. The third-order valence-electron chi connectivity index (χ3n) is 2.52. The van der Waals surface area contributed by atoms with Crippen molar-refractivity contribution in [3.05, 3.63) is 17.3 Å². The van der Waals surface area contributed by atoms with Gasteiger partial charge in [0.15, 0.2) is 5.15 Å². The standard InChI is InChI=1S/C9H13ClN4.C2HF3O2/c10-8-3-4-9(14-13-8)12-7-2-1-5-11-6-7;3-2(4,5)1(6)7/h3-4,7,11H,1-2,5-6H2,(H,12,14);(H,6,7)/t7-;/m1./s1. The summed E-state index contributed by atoms with van der Waals surface area (Å²) in [5, 5.41) is 21.9. The van der Waals surface area contributed by atoms with E-state index in [2.05, 4.69) is 20.8 Å². The molecule has 2 heterocycles. The van der Waals surface area contributed by atoms with E-state index in [0.717, 1.165) is 18.9 Å². The van der Waals surface area contributed by atoms with Gasteiger partial charge >= 0.3 is 12.1 Å². The van der Waals surface area contributed by atoms with Crippen LogP contribution in [-0.2, 0) is 4.79 Å². The molecule has 0 unspecified atom stereocenters. The number of hydrogen-bond donors (Lipinski definition) is 3. The molecule has 0 saturated carbocycles. The maximum atomic E-state index is 10.6. The maximum absolute atomic E-state index is 10.6. The van der Waals surface area contributed by atoms with E-state index in [1.54, 1.807) is 6.07 Å². The predicted molar refractivity (Wildman–Crippen MR) is 70.2 cm³/mol. The van der Waals surface area contributed by atoms with E-state index in [0.29, 0.717) is 11.2 Å². The van der Waals surface area contributed by atoms with E-state index < -0.39 is 12.1 Å². The van der Waals surface area contributed by atoms with Gasteiger partial charge in [0.1, 0.15) is 5.82 Å². The van der Waals surface area contributed by atoms with Gasteiger partial charge in [0.05, 0.1) is 0 Å². The largest absolute Gasteiger partial charge is 0.490 e. The lowest BCUT2D eigenvalue weighted by Crippen LogP contribution is -2.38. The number of nitrogens with zero attached hydrogens (tertiary/aromatic N) is 2. The third-order valence-corrected chi connectivity index (χ3v) is 2.72. The summed E-state index contributed by atoms with van der Waals surface area (Å²) in [5.41, 5.74) is 0. The second kappa shape index (κ2) is 7.99. The zero-order valence-corrected chi connectivity index (χ0v) is 11.6. The molecule has 0 radical (unpaired) electrons. The Morgan fingerprint density at radius 1 is 1.43 bits per heavy atom. The third kappa shape index (κ3) is 7.09. The number of hydrogen-bond acceptors (Lipinski definition) is 5. The van der Waals surface area contributed by atoms with Crippen LogP contribution < -0.4 is 10.6 Å². The van der Waals surface area contributed by atoms with Crippen molar-refractivity contribution in [3.63, 3.8) is 0 Å². The van der Waals surface area contributed by atoms with Crippen LogP contribution in [0.3, 0.4) is 0 Å². The van der Waals surface area contributed by atoms with Crippen LogP contribution in [-0.4, -0.2) is 46.6 Å². The molecule has 21 heavy (non-hydrogen) atoms. The summed E-state index contributed by atoms with van der Waals surface area (Å²) >= 11 is 5.64. The molecule has 1 aromatic rings. The highest BCUT2D eigenvalue weighted by Crippen LogP contribution is 2.13. The van der Waals surface area contributed by atoms with Crippen LogP contribution in [0.15, 0.2) is 12.1 Å². The molecule has 0 spiro atoms. The SMILES string of the molecule is Clc1ccc(N[C@@H]2CCCNC2)nn1.O=C(O)C(F)(F)F. The quantitative estimate of drug-likeness (QED) is 0.770. The Labute approximate surface area is 123 Å². The fraction of sp³-hybridized carbons (Fsp3) is 0.545. The molecule has 1 aromatic heterocycles. The molecule has 118 valence electrons. The number of piperidine rings is 1. The Bertz CT molecular complexity index is 450. The maximum Gasteiger partial charge on any atom is 0.490 e. The van der Waals surface area contributed by atoms with Crippen LogP contribution in [0, 0.1) is 0 Å². The number of halogens is 4. The number of aromatic nitrogens is 2. The highest BCUT2D eigenvalue weighted by molar-refractivity contribution is 6.29. The monoisotopic (exact) mass is 326 g/mol. The summed E-state index contributed by atoms with van der Waals surface area (Å²) in [5.74, 6) is -1.96. The first kappa shape index (κ1) is 17.4. The molecule has 2 rings (SSSR count). The van der Waals surface area contributed by atoms with Crippen LogP contribution in [0.1, 0.15) is 12.8 Å². The van der Waals surface area contributed by atoms with Gasteiger partial charge in [-0.05, 0) is 31.5 Å². The van der Waals surface area contributed by atoms with Crippen molar-refractivity contribution in [1.82, 2.24) is 15.5 Å². The van der Waals surface area contributed by atoms with Gasteiger partial charge in [0, 0.05) is 12.6 Å². The summed E-state index contributed by atoms with van der Waals surface area (Å²) in [6.45, 7) is 2.11. The Morgan fingerprint density at radius 2 is 2.10 bits per heavy atom. The van der Waals surface area contributed by atoms with Gasteiger partial charge < -0.3 is 15.7 Å². The van der Waals surface area contributed by atoms with Crippen molar-refractivity contribution in [3.8, 4) is 0 Å². The average Bonchev–Trinajstić information content (AvgIpc) is 2.42. The molecule has 0 aromatic carbocycles. The van der Waals surface area contributed by atoms with Crippen LogP contribution in [0.5, 0.6) is 0 Å². The first-order valence-electron chi connectivity index (χ1n) is 6.05. The van der Waals surface area contributed by atoms with Gasteiger partial charge in [0.25, 0.3) is 0 Å². The van der Waals surface area contributed by atoms with E-state index in [9.17, 15) is 13.2 Å². The Morgan fingerprint density at radius 3 is 2.52 bits per heavy atom. The normalized spacial score (nSPS) is 18.4. The predicted octanol–water partition coefficient (Wildman–Crippen LogP) is 1.93. The zero-order chi connectivity index (χ0) is 15.9. The number of rotatable bonds is 2. The summed E-state index contributed by atoms with van der Waals surface area (Å²) in [4.78, 5) is 8.90. The van der Waals surface area contributed by atoms with Crippen molar-refractivity contribution in [2.24, 2.45) is 0 Å². The first-order valence-corrected chi connectivity index (χ1v) is 6.43. The molecule has 0 amide bonds. The number of aliphatic carboxylic acids is 1. The second-order valence-corrected chi connectivity index (χ2v) is 4.62. The number of carboxylic acid groups (broad SMARTS) is 1. The van der Waals surface area contributed by atoms with Crippen LogP contribution in [0.4, 0.5) is 19.0 Å². The van der Waals surface area contributed by atoms with Crippen LogP contribution in [0.2, 0.25) is 5.15 Å². The summed E-state index contributed by atoms with van der Waals surface area (Å²) in [6, 6.07) is 4.05. The minimum absolute atomic E-state index is 0.428. The topological polar surface area (TPSA) is 87.1 Å². The highest BCUT2D eigenvalue weighted by atomic mass is 35.5. The Balaban J connectivity index is 0.000000270. The van der Waals surface area contributed by atoms with Gasteiger partial charge in [-0.3, -0.25) is 0 Å². The van der Waals surface area contributed by atoms with Gasteiger partial charge in [-0.25, -0.2) is 4.79 Å². The van der Waals surface area contributed by atoms with Crippen molar-refractivity contribution in [2.45, 2.75) is 25.1 Å². The molecule has 1 saturated heterocycles. The Kier molecular flexibility index (Phi) is 6.63. The van der Waals surface area contributed by atoms with E-state index >= 15 is 0 Å². The number of carboxylic acids is 1. The highest BCUT2D eigenvalue weighted by Gasteiger charge is 2.38. The summed E-state index contributed by atoms with van der Waals surface area (Å²) in [6.07, 6.45) is -2.70. The Hall–Kier alpha value is -1.61. The minimum atomic E-state index is -5.08. The minimum Gasteiger partial charge on any atom is -0.475 e. The number of carbonyl (C=O) groups is 1. The first-order chi connectivity index (χ1) is 9.79.